The Balaban J connectivity index is 1.93. The van der Waals surface area contributed by atoms with E-state index in [1.807, 2.05) is 31.2 Å². The van der Waals surface area contributed by atoms with Gasteiger partial charge in [0.1, 0.15) is 0 Å². The fourth-order valence-corrected chi connectivity index (χ4v) is 4.28. The summed E-state index contributed by atoms with van der Waals surface area (Å²) >= 11 is 7.19. The molecule has 1 aromatic rings. The molecular formula is C15H15Br2NO2. The van der Waals surface area contributed by atoms with Gasteiger partial charge in [-0.2, -0.15) is 0 Å². The van der Waals surface area contributed by atoms with Crippen molar-refractivity contribution in [3.05, 3.63) is 29.8 Å². The predicted octanol–water partition coefficient (Wildman–Crippen LogP) is 3.42. The van der Waals surface area contributed by atoms with E-state index in [-0.39, 0.29) is 33.3 Å². The molecule has 1 aliphatic heterocycles. The largest absolute Gasteiger partial charge is 0.274 e. The SMILES string of the molecule is Cc1ccc(N2C(=O)[C@H]3C[C@@H](Br)[C@H](Br)C[C@H]3C2=O)cc1. The highest BCUT2D eigenvalue weighted by Gasteiger charge is 2.52. The van der Waals surface area contributed by atoms with Crippen LogP contribution in [0, 0.1) is 18.8 Å². The number of halogens is 2. The second-order valence-electron chi connectivity index (χ2n) is 5.56. The minimum absolute atomic E-state index is 0.0484. The number of hydrogen-bond donors (Lipinski definition) is 0. The molecule has 0 aromatic heterocycles. The van der Waals surface area contributed by atoms with Gasteiger partial charge in [-0.15, -0.1) is 0 Å². The summed E-state index contributed by atoms with van der Waals surface area (Å²) in [6.07, 6.45) is 1.43. The van der Waals surface area contributed by atoms with E-state index < -0.39 is 0 Å². The van der Waals surface area contributed by atoms with Gasteiger partial charge in [-0.05, 0) is 31.9 Å². The molecule has 0 radical (unpaired) electrons. The van der Waals surface area contributed by atoms with Gasteiger partial charge in [0.15, 0.2) is 0 Å². The van der Waals surface area contributed by atoms with Crippen LogP contribution < -0.4 is 4.90 Å². The second-order valence-corrected chi connectivity index (χ2v) is 7.92. The van der Waals surface area contributed by atoms with Gasteiger partial charge in [-0.25, -0.2) is 0 Å². The summed E-state index contributed by atoms with van der Waals surface area (Å²) in [6.45, 7) is 1.99. The van der Waals surface area contributed by atoms with Crippen molar-refractivity contribution in [2.45, 2.75) is 29.4 Å². The van der Waals surface area contributed by atoms with Crippen LogP contribution in [-0.4, -0.2) is 21.5 Å². The van der Waals surface area contributed by atoms with Crippen LogP contribution in [0.1, 0.15) is 18.4 Å². The van der Waals surface area contributed by atoms with Crippen molar-refractivity contribution < 1.29 is 9.59 Å². The van der Waals surface area contributed by atoms with Crippen molar-refractivity contribution in [3.8, 4) is 0 Å². The molecule has 0 N–H and O–H groups in total. The number of nitrogens with zero attached hydrogens (tertiary/aromatic N) is 1. The number of hydrogen-bond acceptors (Lipinski definition) is 2. The van der Waals surface area contributed by atoms with Gasteiger partial charge in [0.05, 0.1) is 17.5 Å². The summed E-state index contributed by atoms with van der Waals surface area (Å²) in [4.78, 5) is 27.0. The highest BCUT2D eigenvalue weighted by Crippen LogP contribution is 2.44. The molecule has 1 heterocycles. The van der Waals surface area contributed by atoms with Gasteiger partial charge in [0.2, 0.25) is 11.8 Å². The zero-order valence-electron chi connectivity index (χ0n) is 11.1. The van der Waals surface area contributed by atoms with E-state index in [9.17, 15) is 9.59 Å². The third kappa shape index (κ3) is 2.25. The lowest BCUT2D eigenvalue weighted by atomic mass is 9.81. The normalized spacial score (nSPS) is 33.5. The summed E-state index contributed by atoms with van der Waals surface area (Å²) in [5, 5.41) is 0. The quantitative estimate of drug-likeness (QED) is 0.535. The van der Waals surface area contributed by atoms with E-state index in [0.29, 0.717) is 18.5 Å². The molecule has 1 aromatic carbocycles. The van der Waals surface area contributed by atoms with Crippen molar-refractivity contribution in [3.63, 3.8) is 0 Å². The maximum atomic E-state index is 12.6. The summed E-state index contributed by atoms with van der Waals surface area (Å²) in [5.41, 5.74) is 1.81. The third-order valence-electron chi connectivity index (χ3n) is 4.20. The van der Waals surface area contributed by atoms with E-state index in [1.165, 1.54) is 4.90 Å². The predicted molar refractivity (Wildman–Crippen MR) is 85.3 cm³/mol. The van der Waals surface area contributed by atoms with Crippen LogP contribution in [0.4, 0.5) is 5.69 Å². The molecule has 2 amide bonds. The molecule has 0 bridgehead atoms. The molecule has 1 saturated heterocycles. The molecule has 4 atom stereocenters. The summed E-state index contributed by atoms with van der Waals surface area (Å²) in [5.74, 6) is -0.454. The average molecular weight is 401 g/mol. The number of carbonyl (C=O) groups is 2. The highest BCUT2D eigenvalue weighted by molar-refractivity contribution is 9.12. The third-order valence-corrected chi connectivity index (χ3v) is 6.94. The molecule has 3 rings (SSSR count). The number of alkyl halides is 2. The lowest BCUT2D eigenvalue weighted by molar-refractivity contribution is -0.122. The first-order valence-corrected chi connectivity index (χ1v) is 8.55. The fraction of sp³-hybridized carbons (Fsp3) is 0.467. The summed E-state index contributed by atoms with van der Waals surface area (Å²) in [6, 6.07) is 7.55. The van der Waals surface area contributed by atoms with E-state index in [2.05, 4.69) is 31.9 Å². The van der Waals surface area contributed by atoms with Crippen molar-refractivity contribution >= 4 is 49.4 Å². The Morgan fingerprint density at radius 3 is 1.85 bits per heavy atom. The number of rotatable bonds is 1. The highest BCUT2D eigenvalue weighted by atomic mass is 79.9. The second kappa shape index (κ2) is 5.26. The Morgan fingerprint density at radius 1 is 0.950 bits per heavy atom. The summed E-state index contributed by atoms with van der Waals surface area (Å²) < 4.78 is 0. The van der Waals surface area contributed by atoms with Crippen LogP contribution in [0.3, 0.4) is 0 Å². The first kappa shape index (κ1) is 14.3. The Hall–Kier alpha value is -0.680. The first-order valence-electron chi connectivity index (χ1n) is 6.71. The first-order chi connectivity index (χ1) is 9.49. The Kier molecular flexibility index (Phi) is 3.75. The monoisotopic (exact) mass is 399 g/mol. The Labute approximate surface area is 135 Å². The van der Waals surface area contributed by atoms with Crippen LogP contribution in [0.15, 0.2) is 24.3 Å². The van der Waals surface area contributed by atoms with Crippen LogP contribution in [0.5, 0.6) is 0 Å². The van der Waals surface area contributed by atoms with Crippen molar-refractivity contribution in [1.29, 1.82) is 0 Å². The molecule has 2 aliphatic rings. The van der Waals surface area contributed by atoms with Crippen molar-refractivity contribution in [1.82, 2.24) is 0 Å². The standard InChI is InChI=1S/C15H15Br2NO2/c1-8-2-4-9(5-3-8)18-14(19)10-6-12(16)13(17)7-11(10)15(18)20/h2-5,10-13H,6-7H2,1H3/t10-,11+,12-,13-/m1/s1. The molecule has 3 nitrogen and oxygen atoms in total. The van der Waals surface area contributed by atoms with Gasteiger partial charge >= 0.3 is 0 Å². The van der Waals surface area contributed by atoms with Crippen LogP contribution in [0.25, 0.3) is 0 Å². The number of benzene rings is 1. The smallest absolute Gasteiger partial charge is 0.237 e. The van der Waals surface area contributed by atoms with Crippen molar-refractivity contribution in [2.24, 2.45) is 11.8 Å². The molecule has 0 unspecified atom stereocenters. The van der Waals surface area contributed by atoms with E-state index in [1.54, 1.807) is 0 Å². The van der Waals surface area contributed by atoms with Crippen LogP contribution in [-0.2, 0) is 9.59 Å². The number of aryl methyl sites for hydroxylation is 1. The maximum Gasteiger partial charge on any atom is 0.237 e. The van der Waals surface area contributed by atoms with E-state index >= 15 is 0 Å². The fourth-order valence-electron chi connectivity index (χ4n) is 3.04. The molecule has 20 heavy (non-hydrogen) atoms. The molecule has 0 spiro atoms. The van der Waals surface area contributed by atoms with Gasteiger partial charge < -0.3 is 0 Å². The molecule has 5 heteroatoms. The number of carbonyl (C=O) groups excluding carboxylic acids is 2. The topological polar surface area (TPSA) is 37.4 Å². The Morgan fingerprint density at radius 2 is 1.40 bits per heavy atom. The van der Waals surface area contributed by atoms with E-state index in [0.717, 1.165) is 5.56 Å². The number of fused-ring (bicyclic) bond motifs is 1. The molecule has 1 aliphatic carbocycles. The minimum atomic E-state index is -0.179. The zero-order chi connectivity index (χ0) is 14.4. The number of amides is 2. The number of anilines is 1. The average Bonchev–Trinajstić information content (AvgIpc) is 2.65. The van der Waals surface area contributed by atoms with Gasteiger partial charge in [0.25, 0.3) is 0 Å². The van der Waals surface area contributed by atoms with E-state index in [4.69, 9.17) is 0 Å². The van der Waals surface area contributed by atoms with Gasteiger partial charge in [-0.1, -0.05) is 49.6 Å². The molecule has 1 saturated carbocycles. The van der Waals surface area contributed by atoms with Crippen molar-refractivity contribution in [2.75, 3.05) is 4.90 Å². The zero-order valence-corrected chi connectivity index (χ0v) is 14.2. The van der Waals surface area contributed by atoms with Gasteiger partial charge in [-0.3, -0.25) is 14.5 Å². The molecule has 2 fully saturated rings. The number of imide groups is 1. The Bertz CT molecular complexity index is 529. The summed E-state index contributed by atoms with van der Waals surface area (Å²) in [7, 11) is 0. The lowest BCUT2D eigenvalue weighted by Crippen LogP contribution is -2.34. The molecule has 106 valence electrons. The lowest BCUT2D eigenvalue weighted by Gasteiger charge is -2.29. The minimum Gasteiger partial charge on any atom is -0.274 e. The molecular weight excluding hydrogens is 386 g/mol. The van der Waals surface area contributed by atoms with Crippen LogP contribution in [0.2, 0.25) is 0 Å². The van der Waals surface area contributed by atoms with Gasteiger partial charge in [0, 0.05) is 9.65 Å². The maximum absolute atomic E-state index is 12.6. The van der Waals surface area contributed by atoms with Crippen LogP contribution >= 0.6 is 31.9 Å².